The van der Waals surface area contributed by atoms with Crippen LogP contribution >= 0.6 is 23.5 Å². The highest BCUT2D eigenvalue weighted by Gasteiger charge is 2.54. The van der Waals surface area contributed by atoms with Gasteiger partial charge >= 0.3 is 0 Å². The molecule has 1 aliphatic heterocycles. The maximum Gasteiger partial charge on any atom is 0.115 e. The summed E-state index contributed by atoms with van der Waals surface area (Å²) in [6.07, 6.45) is 7.94. The second kappa shape index (κ2) is 6.79. The van der Waals surface area contributed by atoms with Crippen LogP contribution in [-0.4, -0.2) is 20.7 Å². The van der Waals surface area contributed by atoms with E-state index in [2.05, 4.69) is 43.4 Å². The third-order valence-electron chi connectivity index (χ3n) is 6.85. The van der Waals surface area contributed by atoms with Crippen molar-refractivity contribution in [3.05, 3.63) is 29.3 Å². The van der Waals surface area contributed by atoms with Crippen LogP contribution in [0.1, 0.15) is 63.0 Å². The molecule has 1 saturated carbocycles. The number of phenols is 1. The molecule has 3 aliphatic rings. The third-order valence-corrected chi connectivity index (χ3v) is 10.7. The third kappa shape index (κ3) is 2.80. The predicted molar refractivity (Wildman–Crippen MR) is 107 cm³/mol. The molecule has 1 N–H and O–H groups in total. The number of thioether (sulfide) groups is 2. The Bertz CT molecular complexity index is 594. The molecule has 2 aliphatic carbocycles. The first-order valence-corrected chi connectivity index (χ1v) is 11.7. The van der Waals surface area contributed by atoms with Crippen molar-refractivity contribution in [2.45, 2.75) is 62.4 Å². The highest BCUT2D eigenvalue weighted by molar-refractivity contribution is 8.21. The molecule has 0 bridgehead atoms. The number of hydrogen-bond donors (Lipinski definition) is 1. The van der Waals surface area contributed by atoms with Gasteiger partial charge in [-0.25, -0.2) is 0 Å². The molecular formula is C21H30OS2. The number of benzene rings is 1. The molecule has 132 valence electrons. The van der Waals surface area contributed by atoms with E-state index >= 15 is 0 Å². The zero-order valence-electron chi connectivity index (χ0n) is 15.0. The standard InChI is InChI=1S/C21H30OS2/c1-3-4-5-17-14(2)21(23-10-11-24-21)13-20-18-9-7-16(22)12-15(18)6-8-19(17)20/h7,9,12,14,17,19-20,22H,3-6,8,10-11,13H2,1-2H3. The van der Waals surface area contributed by atoms with E-state index in [1.165, 1.54) is 49.2 Å². The van der Waals surface area contributed by atoms with Crippen LogP contribution < -0.4 is 0 Å². The summed E-state index contributed by atoms with van der Waals surface area (Å²) in [6.45, 7) is 4.90. The van der Waals surface area contributed by atoms with E-state index in [1.807, 2.05) is 12.1 Å². The molecule has 1 nitrogen and oxygen atoms in total. The molecule has 1 aromatic carbocycles. The zero-order chi connectivity index (χ0) is 16.7. The number of fused-ring (bicyclic) bond motifs is 3. The quantitative estimate of drug-likeness (QED) is 0.705. The molecule has 4 rings (SSSR count). The van der Waals surface area contributed by atoms with Crippen molar-refractivity contribution in [3.63, 3.8) is 0 Å². The van der Waals surface area contributed by atoms with Gasteiger partial charge in [0, 0.05) is 11.5 Å². The van der Waals surface area contributed by atoms with Gasteiger partial charge < -0.3 is 5.11 Å². The van der Waals surface area contributed by atoms with Crippen LogP contribution in [0.5, 0.6) is 5.75 Å². The predicted octanol–water partition coefficient (Wildman–Crippen LogP) is 6.06. The van der Waals surface area contributed by atoms with Gasteiger partial charge in [-0.2, -0.15) is 0 Å². The zero-order valence-corrected chi connectivity index (χ0v) is 16.6. The normalized spacial score (nSPS) is 34.1. The molecule has 1 heterocycles. The first-order chi connectivity index (χ1) is 11.6. The Morgan fingerprint density at radius 1 is 1.25 bits per heavy atom. The number of hydrogen-bond acceptors (Lipinski definition) is 3. The lowest BCUT2D eigenvalue weighted by atomic mass is 9.59. The van der Waals surface area contributed by atoms with Crippen molar-refractivity contribution in [3.8, 4) is 5.75 Å². The maximum atomic E-state index is 9.89. The van der Waals surface area contributed by atoms with Gasteiger partial charge in [-0.05, 0) is 72.6 Å². The average Bonchev–Trinajstić information content (AvgIpc) is 3.04. The van der Waals surface area contributed by atoms with Crippen LogP contribution in [0.2, 0.25) is 0 Å². The Morgan fingerprint density at radius 2 is 2.04 bits per heavy atom. The Morgan fingerprint density at radius 3 is 2.79 bits per heavy atom. The highest BCUT2D eigenvalue weighted by atomic mass is 32.2. The van der Waals surface area contributed by atoms with E-state index in [-0.39, 0.29) is 0 Å². The second-order valence-corrected chi connectivity index (χ2v) is 11.1. The van der Waals surface area contributed by atoms with Gasteiger partial charge in [-0.1, -0.05) is 32.8 Å². The summed E-state index contributed by atoms with van der Waals surface area (Å²) in [4.78, 5) is 0. The SMILES string of the molecule is CCCCC1C2CCc3cc(O)ccc3C2CC2(SCCS2)C1C. The maximum absolute atomic E-state index is 9.89. The van der Waals surface area contributed by atoms with Gasteiger partial charge in [0.1, 0.15) is 5.75 Å². The van der Waals surface area contributed by atoms with E-state index in [1.54, 1.807) is 5.56 Å². The van der Waals surface area contributed by atoms with Gasteiger partial charge in [-0.15, -0.1) is 23.5 Å². The van der Waals surface area contributed by atoms with Crippen molar-refractivity contribution >= 4 is 23.5 Å². The Labute approximate surface area is 155 Å². The lowest BCUT2D eigenvalue weighted by Gasteiger charge is -2.53. The molecule has 1 saturated heterocycles. The highest BCUT2D eigenvalue weighted by Crippen LogP contribution is 2.64. The fourth-order valence-corrected chi connectivity index (χ4v) is 9.30. The summed E-state index contributed by atoms with van der Waals surface area (Å²) in [5, 5.41) is 9.89. The monoisotopic (exact) mass is 362 g/mol. The molecule has 0 amide bonds. The number of rotatable bonds is 3. The van der Waals surface area contributed by atoms with Gasteiger partial charge in [0.15, 0.2) is 0 Å². The van der Waals surface area contributed by atoms with Crippen molar-refractivity contribution in [2.24, 2.45) is 17.8 Å². The molecule has 0 aromatic heterocycles. The van der Waals surface area contributed by atoms with E-state index < -0.39 is 0 Å². The van der Waals surface area contributed by atoms with Gasteiger partial charge in [0.2, 0.25) is 0 Å². The minimum Gasteiger partial charge on any atom is -0.508 e. The van der Waals surface area contributed by atoms with E-state index in [0.717, 1.165) is 24.2 Å². The summed E-state index contributed by atoms with van der Waals surface area (Å²) in [5.41, 5.74) is 2.98. The summed E-state index contributed by atoms with van der Waals surface area (Å²) < 4.78 is 0.450. The van der Waals surface area contributed by atoms with Gasteiger partial charge in [0.05, 0.1) is 4.08 Å². The van der Waals surface area contributed by atoms with E-state index in [0.29, 0.717) is 15.7 Å². The van der Waals surface area contributed by atoms with Crippen LogP contribution in [0, 0.1) is 17.8 Å². The molecule has 4 unspecified atom stereocenters. The fourth-order valence-electron chi connectivity index (χ4n) is 5.64. The lowest BCUT2D eigenvalue weighted by molar-refractivity contribution is 0.108. The number of aromatic hydroxyl groups is 1. The Hall–Kier alpha value is -0.280. The summed E-state index contributed by atoms with van der Waals surface area (Å²) in [5.74, 6) is 6.38. The minimum absolute atomic E-state index is 0.443. The minimum atomic E-state index is 0.443. The van der Waals surface area contributed by atoms with Crippen LogP contribution in [0.4, 0.5) is 0 Å². The summed E-state index contributed by atoms with van der Waals surface area (Å²) >= 11 is 4.52. The summed E-state index contributed by atoms with van der Waals surface area (Å²) in [6, 6.07) is 6.19. The van der Waals surface area contributed by atoms with Crippen LogP contribution in [0.15, 0.2) is 18.2 Å². The molecular weight excluding hydrogens is 332 g/mol. The molecule has 4 atom stereocenters. The number of unbranched alkanes of at least 4 members (excludes halogenated alkanes) is 1. The van der Waals surface area contributed by atoms with Crippen molar-refractivity contribution in [1.82, 2.24) is 0 Å². The largest absolute Gasteiger partial charge is 0.508 e. The van der Waals surface area contributed by atoms with E-state index in [9.17, 15) is 5.11 Å². The molecule has 2 fully saturated rings. The van der Waals surface area contributed by atoms with Crippen LogP contribution in [0.3, 0.4) is 0 Å². The molecule has 3 heteroatoms. The Balaban J connectivity index is 1.71. The topological polar surface area (TPSA) is 20.2 Å². The molecule has 1 aromatic rings. The van der Waals surface area contributed by atoms with Crippen LogP contribution in [-0.2, 0) is 6.42 Å². The van der Waals surface area contributed by atoms with Crippen molar-refractivity contribution < 1.29 is 5.11 Å². The number of aryl methyl sites for hydroxylation is 1. The van der Waals surface area contributed by atoms with Crippen LogP contribution in [0.25, 0.3) is 0 Å². The Kier molecular flexibility index (Phi) is 4.85. The second-order valence-electron chi connectivity index (χ2n) is 8.00. The summed E-state index contributed by atoms with van der Waals surface area (Å²) in [7, 11) is 0. The van der Waals surface area contributed by atoms with Gasteiger partial charge in [0.25, 0.3) is 0 Å². The first-order valence-electron chi connectivity index (χ1n) is 9.74. The molecule has 1 spiro atoms. The van der Waals surface area contributed by atoms with E-state index in [4.69, 9.17) is 0 Å². The average molecular weight is 363 g/mol. The number of phenolic OH excluding ortho intramolecular Hbond substituents is 1. The van der Waals surface area contributed by atoms with Gasteiger partial charge in [-0.3, -0.25) is 0 Å². The lowest BCUT2D eigenvalue weighted by Crippen LogP contribution is -2.46. The molecule has 24 heavy (non-hydrogen) atoms. The molecule has 0 radical (unpaired) electrons. The van der Waals surface area contributed by atoms with Crippen molar-refractivity contribution in [2.75, 3.05) is 11.5 Å². The van der Waals surface area contributed by atoms with Crippen molar-refractivity contribution in [1.29, 1.82) is 0 Å². The smallest absolute Gasteiger partial charge is 0.115 e. The fraction of sp³-hybridized carbons (Fsp3) is 0.714. The first kappa shape index (κ1) is 17.1.